The molecule has 230 valence electrons. The van der Waals surface area contributed by atoms with Crippen molar-refractivity contribution in [2.75, 3.05) is 11.4 Å². The maximum atomic E-state index is 14.1. The highest BCUT2D eigenvalue weighted by molar-refractivity contribution is 8.45. The highest BCUT2D eigenvalue weighted by Crippen LogP contribution is 3.02. The molecule has 4 rings (SSSR count). The summed E-state index contributed by atoms with van der Waals surface area (Å²) in [6, 6.07) is 0.440. The number of β-amino-alcohol motifs (C(OH)–C–C–N with tert-alkyl or cyclic N) is 1. The van der Waals surface area contributed by atoms with Gasteiger partial charge in [0.15, 0.2) is 6.19 Å². The van der Waals surface area contributed by atoms with Crippen molar-refractivity contribution in [2.45, 2.75) is 73.6 Å². The number of nitriles is 1. The third-order valence-corrected chi connectivity index (χ3v) is 8.46. The summed E-state index contributed by atoms with van der Waals surface area (Å²) in [5.41, 5.74) is -1.85. The number of nitrogens with zero attached hydrogens (tertiary/aromatic N) is 4. The minimum Gasteiger partial charge on any atom is -0.388 e. The molecule has 0 bridgehead atoms. The molecule has 0 radical (unpaired) electrons. The van der Waals surface area contributed by atoms with Gasteiger partial charge in [0.05, 0.1) is 12.1 Å². The van der Waals surface area contributed by atoms with E-state index in [2.05, 4.69) is 10.3 Å². The van der Waals surface area contributed by atoms with E-state index in [1.165, 1.54) is 31.5 Å². The molecule has 2 aromatic rings. The molecule has 1 aromatic carbocycles. The van der Waals surface area contributed by atoms with Crippen LogP contribution in [0.5, 0.6) is 0 Å². The average molecular weight is 624 g/mol. The molecular weight excluding hydrogens is 595 g/mol. The second-order valence-corrected chi connectivity index (χ2v) is 13.4. The minimum atomic E-state index is -10.1. The molecule has 2 N–H and O–H groups in total. The Labute approximate surface area is 236 Å². The number of likely N-dealkylation sites (tertiary alicyclic amines) is 1. The van der Waals surface area contributed by atoms with Crippen molar-refractivity contribution in [1.82, 2.24) is 15.2 Å². The van der Waals surface area contributed by atoms with Crippen molar-refractivity contribution in [3.05, 3.63) is 54.4 Å². The van der Waals surface area contributed by atoms with Crippen LogP contribution in [-0.2, 0) is 9.59 Å². The summed E-state index contributed by atoms with van der Waals surface area (Å²) in [6.45, 7) is 1.10. The van der Waals surface area contributed by atoms with Crippen LogP contribution in [0.1, 0.15) is 50.6 Å². The first-order chi connectivity index (χ1) is 19.2. The van der Waals surface area contributed by atoms with Crippen molar-refractivity contribution < 1.29 is 42.9 Å². The van der Waals surface area contributed by atoms with E-state index >= 15 is 0 Å². The molecule has 16 heteroatoms. The van der Waals surface area contributed by atoms with Gasteiger partial charge in [0.1, 0.15) is 17.0 Å². The predicted molar refractivity (Wildman–Crippen MR) is 139 cm³/mol. The minimum absolute atomic E-state index is 0.0644. The van der Waals surface area contributed by atoms with E-state index < -0.39 is 75.1 Å². The summed E-state index contributed by atoms with van der Waals surface area (Å²) in [5.74, 6) is -4.79. The number of halogens is 7. The number of amides is 2. The normalized spacial score (nSPS) is 25.0. The number of carbonyl (C=O) groups is 2. The number of nitrogens with one attached hydrogen (secondary N) is 1. The predicted octanol–water partition coefficient (Wildman–Crippen LogP) is 5.81. The van der Waals surface area contributed by atoms with Gasteiger partial charge in [-0.3, -0.25) is 24.4 Å². The van der Waals surface area contributed by atoms with Crippen LogP contribution >= 0.6 is 10.2 Å². The SMILES string of the molecule is C[C@@]1(O)C[C@H](C(=O)N(c2ccc(S(F)(F)(F)(F)F)cc2)C(C(=O)NC2CCC(F)(F)CC2)c2cccnc2)N(C#N)C1. The first kappa shape index (κ1) is 31.4. The Bertz CT molecular complexity index is 1380. The Morgan fingerprint density at radius 2 is 1.76 bits per heavy atom. The fraction of sp³-hybridized carbons (Fsp3) is 0.462. The van der Waals surface area contributed by atoms with Crippen LogP contribution in [0.2, 0.25) is 0 Å². The lowest BCUT2D eigenvalue weighted by atomic mass is 9.91. The summed E-state index contributed by atoms with van der Waals surface area (Å²) in [6.07, 6.45) is 2.87. The molecule has 8 nitrogen and oxygen atoms in total. The van der Waals surface area contributed by atoms with Crippen molar-refractivity contribution in [3.8, 4) is 6.19 Å². The molecule has 2 aliphatic rings. The number of anilines is 1. The number of hydrogen-bond donors (Lipinski definition) is 2. The van der Waals surface area contributed by atoms with Gasteiger partial charge in [-0.2, -0.15) is 5.26 Å². The summed E-state index contributed by atoms with van der Waals surface area (Å²) in [7, 11) is -10.1. The number of pyridine rings is 1. The van der Waals surface area contributed by atoms with Gasteiger partial charge < -0.3 is 10.4 Å². The van der Waals surface area contributed by atoms with E-state index in [4.69, 9.17) is 0 Å². The maximum absolute atomic E-state index is 14.1. The van der Waals surface area contributed by atoms with Crippen molar-refractivity contribution in [3.63, 3.8) is 0 Å². The van der Waals surface area contributed by atoms with Crippen LogP contribution in [0.15, 0.2) is 53.7 Å². The Balaban J connectivity index is 1.81. The van der Waals surface area contributed by atoms with Gasteiger partial charge >= 0.3 is 10.2 Å². The molecule has 1 aliphatic carbocycles. The number of rotatable bonds is 7. The number of aliphatic hydroxyl groups is 1. The van der Waals surface area contributed by atoms with Gasteiger partial charge in [-0.1, -0.05) is 25.5 Å². The standard InChI is InChI=1S/C26H28F7N5O3S/c1-25(41)13-21(37(15-25)16-34)24(40)38(19-4-6-20(7-5-19)42(29,30,31,32)33)22(17-3-2-12-35-14-17)23(39)36-18-8-10-26(27,28)11-9-18/h2-7,12,14,18,21-22,41H,8-11,13,15H2,1H3,(H,36,39)/t21-,22?,25-/m1/s1. The second kappa shape index (κ2) is 10.0. The van der Waals surface area contributed by atoms with Crippen molar-refractivity contribution in [1.29, 1.82) is 5.26 Å². The highest BCUT2D eigenvalue weighted by Gasteiger charge is 2.65. The zero-order valence-corrected chi connectivity index (χ0v) is 23.0. The quantitative estimate of drug-likeness (QED) is 0.298. The summed E-state index contributed by atoms with van der Waals surface area (Å²) >= 11 is 0. The molecule has 1 unspecified atom stereocenters. The lowest BCUT2D eigenvalue weighted by Crippen LogP contribution is -2.52. The molecule has 42 heavy (non-hydrogen) atoms. The lowest BCUT2D eigenvalue weighted by Gasteiger charge is -2.41. The van der Waals surface area contributed by atoms with Gasteiger partial charge in [-0.05, 0) is 50.1 Å². The van der Waals surface area contributed by atoms with E-state index in [0.717, 1.165) is 9.80 Å². The van der Waals surface area contributed by atoms with Gasteiger partial charge in [0, 0.05) is 48.9 Å². The molecule has 1 aliphatic heterocycles. The molecule has 1 saturated heterocycles. The van der Waals surface area contributed by atoms with Gasteiger partial charge in [-0.15, -0.1) is 0 Å². The zero-order valence-electron chi connectivity index (χ0n) is 22.2. The number of benzene rings is 1. The number of hydrogen-bond acceptors (Lipinski definition) is 6. The van der Waals surface area contributed by atoms with Crippen LogP contribution in [0.4, 0.5) is 33.9 Å². The first-order valence-electron chi connectivity index (χ1n) is 12.8. The van der Waals surface area contributed by atoms with Crippen LogP contribution in [-0.4, -0.2) is 57.0 Å². The van der Waals surface area contributed by atoms with E-state index in [1.54, 1.807) is 6.19 Å². The fourth-order valence-corrected chi connectivity index (χ4v) is 5.89. The molecule has 1 saturated carbocycles. The molecular formula is C26H28F7N5O3S. The van der Waals surface area contributed by atoms with Crippen molar-refractivity contribution in [2.24, 2.45) is 0 Å². The van der Waals surface area contributed by atoms with Gasteiger partial charge in [0.25, 0.3) is 5.91 Å². The summed E-state index contributed by atoms with van der Waals surface area (Å²) in [4.78, 5) is 31.3. The largest absolute Gasteiger partial charge is 0.388 e. The average Bonchev–Trinajstić information content (AvgIpc) is 3.22. The molecule has 3 atom stereocenters. The molecule has 0 spiro atoms. The zero-order chi connectivity index (χ0) is 31.2. The topological polar surface area (TPSA) is 110 Å². The van der Waals surface area contributed by atoms with E-state index in [0.29, 0.717) is 12.1 Å². The number of carbonyl (C=O) groups excluding carboxylic acids is 2. The fourth-order valence-electron chi connectivity index (χ4n) is 5.24. The molecule has 2 amide bonds. The number of aromatic nitrogens is 1. The maximum Gasteiger partial charge on any atom is 0.310 e. The Kier molecular flexibility index (Phi) is 7.47. The van der Waals surface area contributed by atoms with Crippen molar-refractivity contribution >= 4 is 27.7 Å². The third kappa shape index (κ3) is 7.06. The van der Waals surface area contributed by atoms with Crippen LogP contribution < -0.4 is 10.2 Å². The third-order valence-electron chi connectivity index (χ3n) is 7.30. The van der Waals surface area contributed by atoms with Crippen LogP contribution in [0.3, 0.4) is 0 Å². The Hall–Kier alpha value is -3.58. The molecule has 2 heterocycles. The Morgan fingerprint density at radius 3 is 2.29 bits per heavy atom. The monoisotopic (exact) mass is 623 g/mol. The summed E-state index contributed by atoms with van der Waals surface area (Å²) in [5, 5.41) is 22.8. The summed E-state index contributed by atoms with van der Waals surface area (Å²) < 4.78 is 94.7. The first-order valence-corrected chi connectivity index (χ1v) is 14.8. The number of alkyl halides is 2. The van der Waals surface area contributed by atoms with Gasteiger partial charge in [0.2, 0.25) is 11.8 Å². The van der Waals surface area contributed by atoms with Crippen LogP contribution in [0.25, 0.3) is 0 Å². The lowest BCUT2D eigenvalue weighted by molar-refractivity contribution is -0.129. The van der Waals surface area contributed by atoms with E-state index in [-0.39, 0.29) is 43.5 Å². The Morgan fingerprint density at radius 1 is 1.14 bits per heavy atom. The van der Waals surface area contributed by atoms with E-state index in [9.17, 15) is 48.2 Å². The highest BCUT2D eigenvalue weighted by atomic mass is 32.5. The molecule has 1 aromatic heterocycles. The molecule has 2 fully saturated rings. The van der Waals surface area contributed by atoms with Gasteiger partial charge in [-0.25, -0.2) is 8.78 Å². The second-order valence-electron chi connectivity index (χ2n) is 10.9. The smallest absolute Gasteiger partial charge is 0.310 e. The van der Waals surface area contributed by atoms with E-state index in [1.807, 2.05) is 0 Å². The van der Waals surface area contributed by atoms with Crippen LogP contribution in [0, 0.1) is 11.5 Å².